The van der Waals surface area contributed by atoms with Gasteiger partial charge in [-0.3, -0.25) is 9.89 Å². The number of H-pyrrole nitrogens is 1. The predicted octanol–water partition coefficient (Wildman–Crippen LogP) is 5.31. The minimum atomic E-state index is -0.660. The van der Waals surface area contributed by atoms with Gasteiger partial charge in [0.15, 0.2) is 0 Å². The summed E-state index contributed by atoms with van der Waals surface area (Å²) >= 11 is 0. The van der Waals surface area contributed by atoms with Crippen LogP contribution in [0.1, 0.15) is 40.3 Å². The molecule has 6 heteroatoms. The van der Waals surface area contributed by atoms with E-state index < -0.39 is 5.41 Å². The molecule has 0 radical (unpaired) electrons. The SMILES string of the molecule is CN(C)Cc1ccc(C=Cc2n[nH]c3cc([C@@H]4C[C@@]45C(=O)Nc4ccc(F)cc45)ccc23)cc1. The highest BCUT2D eigenvalue weighted by atomic mass is 19.1. The van der Waals surface area contributed by atoms with Crippen molar-refractivity contribution in [2.75, 3.05) is 19.4 Å². The highest BCUT2D eigenvalue weighted by Crippen LogP contribution is 2.65. The quantitative estimate of drug-likeness (QED) is 0.431. The Kier molecular flexibility index (Phi) is 4.67. The van der Waals surface area contributed by atoms with Crippen LogP contribution in [0.2, 0.25) is 0 Å². The number of anilines is 1. The predicted molar refractivity (Wildman–Crippen MR) is 133 cm³/mol. The van der Waals surface area contributed by atoms with Crippen LogP contribution in [0.5, 0.6) is 0 Å². The maximum atomic E-state index is 13.9. The van der Waals surface area contributed by atoms with E-state index in [1.54, 1.807) is 6.07 Å². The largest absolute Gasteiger partial charge is 0.325 e. The lowest BCUT2D eigenvalue weighted by Crippen LogP contribution is -2.21. The van der Waals surface area contributed by atoms with Crippen molar-refractivity contribution in [3.05, 3.63) is 94.4 Å². The number of hydrogen-bond acceptors (Lipinski definition) is 3. The van der Waals surface area contributed by atoms with Gasteiger partial charge in [0, 0.05) is 23.5 Å². The zero-order valence-electron chi connectivity index (χ0n) is 19.1. The van der Waals surface area contributed by atoms with Crippen LogP contribution in [0.25, 0.3) is 23.1 Å². The fourth-order valence-electron chi connectivity index (χ4n) is 5.24. The molecular formula is C28H25FN4O. The average Bonchev–Trinajstić information content (AvgIpc) is 3.36. The van der Waals surface area contributed by atoms with E-state index in [-0.39, 0.29) is 17.6 Å². The summed E-state index contributed by atoms with van der Waals surface area (Å²) in [6.07, 6.45) is 4.76. The molecule has 2 N–H and O–H groups in total. The van der Waals surface area contributed by atoms with Gasteiger partial charge in [0.2, 0.25) is 5.91 Å². The van der Waals surface area contributed by atoms with E-state index in [0.29, 0.717) is 6.42 Å². The minimum Gasteiger partial charge on any atom is -0.325 e. The number of aromatic amines is 1. The molecule has 2 atom stereocenters. The van der Waals surface area contributed by atoms with Gasteiger partial charge in [0.05, 0.1) is 16.6 Å². The van der Waals surface area contributed by atoms with E-state index in [1.807, 2.05) is 6.08 Å². The molecule has 2 heterocycles. The Morgan fingerprint density at radius 2 is 1.91 bits per heavy atom. The molecule has 1 spiro atoms. The summed E-state index contributed by atoms with van der Waals surface area (Å²) < 4.78 is 13.9. The zero-order chi connectivity index (χ0) is 23.4. The van der Waals surface area contributed by atoms with Crippen molar-refractivity contribution < 1.29 is 9.18 Å². The first-order chi connectivity index (χ1) is 16.4. The maximum absolute atomic E-state index is 13.9. The highest BCUT2D eigenvalue weighted by Gasteiger charge is 2.65. The van der Waals surface area contributed by atoms with Crippen molar-refractivity contribution in [2.24, 2.45) is 0 Å². The number of nitrogens with one attached hydrogen (secondary N) is 2. The van der Waals surface area contributed by atoms with Gasteiger partial charge in [-0.15, -0.1) is 0 Å². The number of carbonyl (C=O) groups is 1. The van der Waals surface area contributed by atoms with Crippen LogP contribution in [0.3, 0.4) is 0 Å². The van der Waals surface area contributed by atoms with Crippen molar-refractivity contribution in [1.29, 1.82) is 0 Å². The van der Waals surface area contributed by atoms with Gasteiger partial charge in [-0.05, 0) is 73.1 Å². The van der Waals surface area contributed by atoms with E-state index in [1.165, 1.54) is 17.7 Å². The van der Waals surface area contributed by atoms with E-state index in [9.17, 15) is 9.18 Å². The molecule has 0 unspecified atom stereocenters. The molecule has 1 aliphatic carbocycles. The molecule has 1 amide bonds. The Bertz CT molecular complexity index is 1450. The Labute approximate surface area is 197 Å². The van der Waals surface area contributed by atoms with E-state index >= 15 is 0 Å². The number of benzene rings is 3. The van der Waals surface area contributed by atoms with Crippen LogP contribution in [-0.4, -0.2) is 35.1 Å². The van der Waals surface area contributed by atoms with Gasteiger partial charge in [0.25, 0.3) is 0 Å². The Hall–Kier alpha value is -3.77. The van der Waals surface area contributed by atoms with E-state index in [2.05, 4.69) is 83.0 Å². The summed E-state index contributed by atoms with van der Waals surface area (Å²) in [5.41, 5.74) is 6.09. The van der Waals surface area contributed by atoms with Crippen molar-refractivity contribution in [3.8, 4) is 0 Å². The molecule has 0 bridgehead atoms. The number of aromatic nitrogens is 2. The molecule has 1 aliphatic heterocycles. The third-order valence-electron chi connectivity index (χ3n) is 7.01. The molecule has 6 rings (SSSR count). The zero-order valence-corrected chi connectivity index (χ0v) is 19.1. The summed E-state index contributed by atoms with van der Waals surface area (Å²) in [5.74, 6) is -0.320. The fraction of sp³-hybridized carbons (Fsp3) is 0.214. The van der Waals surface area contributed by atoms with Crippen LogP contribution in [0, 0.1) is 5.82 Å². The standard InChI is InChI=1S/C28H25FN4O/c1-33(2)16-18-5-3-17(4-6-18)7-11-24-21-10-8-19(13-26(21)32-31-24)23-15-28(23)22-14-20(29)9-12-25(22)30-27(28)34/h3-14,23H,15-16H2,1-2H3,(H,30,34)(H,31,32)/t23-,28-/m0/s1. The number of hydrogen-bond donors (Lipinski definition) is 2. The number of nitrogens with zero attached hydrogens (tertiary/aromatic N) is 2. The number of fused-ring (bicyclic) bond motifs is 3. The van der Waals surface area contributed by atoms with Crippen LogP contribution >= 0.6 is 0 Å². The lowest BCUT2D eigenvalue weighted by Gasteiger charge is -2.09. The molecule has 5 nitrogen and oxygen atoms in total. The van der Waals surface area contributed by atoms with E-state index in [0.717, 1.165) is 45.5 Å². The smallest absolute Gasteiger partial charge is 0.235 e. The van der Waals surface area contributed by atoms with Crippen molar-refractivity contribution in [2.45, 2.75) is 24.3 Å². The summed E-state index contributed by atoms with van der Waals surface area (Å²) in [6, 6.07) is 19.2. The number of carbonyl (C=O) groups excluding carboxylic acids is 1. The first-order valence-electron chi connectivity index (χ1n) is 11.5. The summed E-state index contributed by atoms with van der Waals surface area (Å²) in [5, 5.41) is 11.6. The molecule has 3 aromatic carbocycles. The fourth-order valence-corrected chi connectivity index (χ4v) is 5.24. The third-order valence-corrected chi connectivity index (χ3v) is 7.01. The summed E-state index contributed by atoms with van der Waals surface area (Å²) in [6.45, 7) is 0.917. The number of rotatable bonds is 5. The van der Waals surface area contributed by atoms with Gasteiger partial charge in [-0.2, -0.15) is 5.10 Å². The summed E-state index contributed by atoms with van der Waals surface area (Å²) in [4.78, 5) is 15.0. The van der Waals surface area contributed by atoms with Gasteiger partial charge in [-0.1, -0.05) is 42.5 Å². The second-order valence-electron chi connectivity index (χ2n) is 9.60. The summed E-state index contributed by atoms with van der Waals surface area (Å²) in [7, 11) is 4.12. The monoisotopic (exact) mass is 452 g/mol. The van der Waals surface area contributed by atoms with Crippen LogP contribution < -0.4 is 5.32 Å². The third kappa shape index (κ3) is 3.33. The second-order valence-corrected chi connectivity index (χ2v) is 9.60. The molecule has 1 aromatic heterocycles. The lowest BCUT2D eigenvalue weighted by atomic mass is 9.91. The highest BCUT2D eigenvalue weighted by molar-refractivity contribution is 6.10. The van der Waals surface area contributed by atoms with Gasteiger partial charge in [0.1, 0.15) is 5.82 Å². The molecule has 1 fully saturated rings. The maximum Gasteiger partial charge on any atom is 0.235 e. The number of amides is 1. The normalized spacial score (nSPS) is 21.1. The molecule has 170 valence electrons. The van der Waals surface area contributed by atoms with Crippen molar-refractivity contribution in [3.63, 3.8) is 0 Å². The second kappa shape index (κ2) is 7.64. The molecular weight excluding hydrogens is 427 g/mol. The van der Waals surface area contributed by atoms with Crippen molar-refractivity contribution >= 4 is 34.6 Å². The van der Waals surface area contributed by atoms with Crippen molar-refractivity contribution in [1.82, 2.24) is 15.1 Å². The topological polar surface area (TPSA) is 61.0 Å². The Morgan fingerprint density at radius 3 is 2.71 bits per heavy atom. The molecule has 4 aromatic rings. The van der Waals surface area contributed by atoms with Gasteiger partial charge in [-0.25, -0.2) is 4.39 Å². The van der Waals surface area contributed by atoms with Gasteiger partial charge >= 0.3 is 0 Å². The minimum absolute atomic E-state index is 0.0305. The Balaban J connectivity index is 1.25. The van der Waals surface area contributed by atoms with Crippen LogP contribution in [-0.2, 0) is 16.8 Å². The molecule has 1 saturated carbocycles. The number of halogens is 1. The molecule has 0 saturated heterocycles. The van der Waals surface area contributed by atoms with E-state index in [4.69, 9.17) is 0 Å². The van der Waals surface area contributed by atoms with Crippen LogP contribution in [0.15, 0.2) is 60.7 Å². The first-order valence-corrected chi connectivity index (χ1v) is 11.5. The van der Waals surface area contributed by atoms with Crippen LogP contribution in [0.4, 0.5) is 10.1 Å². The molecule has 34 heavy (non-hydrogen) atoms. The Morgan fingerprint density at radius 1 is 1.09 bits per heavy atom. The first kappa shape index (κ1) is 20.8. The average molecular weight is 453 g/mol. The molecule has 2 aliphatic rings. The van der Waals surface area contributed by atoms with Gasteiger partial charge < -0.3 is 10.2 Å². The lowest BCUT2D eigenvalue weighted by molar-refractivity contribution is -0.118.